The monoisotopic (exact) mass is 198 g/mol. The first kappa shape index (κ1) is 8.86. The highest BCUT2D eigenvalue weighted by Crippen LogP contribution is 2.20. The molecule has 0 atom stereocenters. The van der Waals surface area contributed by atoms with E-state index in [0.717, 1.165) is 12.6 Å². The zero-order valence-corrected chi connectivity index (χ0v) is 8.61. The molecule has 1 saturated carbocycles. The smallest absolute Gasteiger partial charge is 0.0346 e. The molecule has 1 heterocycles. The number of nitrogens with one attached hydrogen (secondary N) is 1. The average Bonchev–Trinajstić information content (AvgIpc) is 3.10. The maximum atomic E-state index is 4.11. The summed E-state index contributed by atoms with van der Waals surface area (Å²) >= 11 is 0. The van der Waals surface area contributed by atoms with Crippen molar-refractivity contribution in [3.8, 4) is 0 Å². The van der Waals surface area contributed by atoms with Gasteiger partial charge in [-0.05, 0) is 35.9 Å². The molecular formula is C13H14N2. The summed E-state index contributed by atoms with van der Waals surface area (Å²) in [6, 6.07) is 9.41. The Morgan fingerprint density at radius 2 is 2.13 bits per heavy atom. The van der Waals surface area contributed by atoms with Crippen LogP contribution in [0.15, 0.2) is 36.7 Å². The highest BCUT2D eigenvalue weighted by atomic mass is 14.9. The Kier molecular flexibility index (Phi) is 2.14. The number of aromatic nitrogens is 1. The van der Waals surface area contributed by atoms with Gasteiger partial charge in [0, 0.05) is 30.4 Å². The van der Waals surface area contributed by atoms with Crippen LogP contribution in [0.4, 0.5) is 0 Å². The number of nitrogens with zero attached hydrogens (tertiary/aromatic N) is 1. The van der Waals surface area contributed by atoms with Gasteiger partial charge in [0.25, 0.3) is 0 Å². The third kappa shape index (κ3) is 2.00. The lowest BCUT2D eigenvalue weighted by atomic mass is 10.1. The van der Waals surface area contributed by atoms with Crippen molar-refractivity contribution in [3.63, 3.8) is 0 Å². The van der Waals surface area contributed by atoms with Gasteiger partial charge in [0.05, 0.1) is 0 Å². The highest BCUT2D eigenvalue weighted by molar-refractivity contribution is 5.81. The summed E-state index contributed by atoms with van der Waals surface area (Å²) in [5.74, 6) is 0. The zero-order chi connectivity index (χ0) is 10.1. The summed E-state index contributed by atoms with van der Waals surface area (Å²) in [5, 5.41) is 6.02. The van der Waals surface area contributed by atoms with E-state index < -0.39 is 0 Å². The minimum absolute atomic E-state index is 0.776. The van der Waals surface area contributed by atoms with Crippen molar-refractivity contribution in [2.75, 3.05) is 0 Å². The van der Waals surface area contributed by atoms with Crippen LogP contribution in [0, 0.1) is 0 Å². The van der Waals surface area contributed by atoms with Crippen LogP contribution in [0.1, 0.15) is 18.4 Å². The Balaban J connectivity index is 1.84. The van der Waals surface area contributed by atoms with Crippen molar-refractivity contribution in [1.29, 1.82) is 0 Å². The molecular weight excluding hydrogens is 184 g/mol. The van der Waals surface area contributed by atoms with E-state index in [-0.39, 0.29) is 0 Å². The molecule has 0 bridgehead atoms. The van der Waals surface area contributed by atoms with E-state index in [9.17, 15) is 0 Å². The Morgan fingerprint density at radius 1 is 1.20 bits per heavy atom. The van der Waals surface area contributed by atoms with Crippen LogP contribution < -0.4 is 5.32 Å². The standard InChI is InChI=1S/C13H14N2/c1-2-12-9-14-6-5-11(12)7-10(1)8-15-13-3-4-13/h1-2,5-7,9,13,15H,3-4,8H2. The van der Waals surface area contributed by atoms with Crippen molar-refractivity contribution >= 4 is 10.8 Å². The molecule has 3 rings (SSSR count). The van der Waals surface area contributed by atoms with Gasteiger partial charge in [0.15, 0.2) is 0 Å². The van der Waals surface area contributed by atoms with Gasteiger partial charge in [-0.25, -0.2) is 0 Å². The molecule has 15 heavy (non-hydrogen) atoms. The third-order valence-corrected chi connectivity index (χ3v) is 2.88. The molecule has 0 radical (unpaired) electrons. The van der Waals surface area contributed by atoms with Crippen LogP contribution >= 0.6 is 0 Å². The molecule has 1 aliphatic carbocycles. The lowest BCUT2D eigenvalue weighted by Crippen LogP contribution is -2.15. The van der Waals surface area contributed by atoms with Gasteiger partial charge in [-0.1, -0.05) is 12.1 Å². The normalized spacial score (nSPS) is 15.7. The molecule has 0 saturated heterocycles. The maximum absolute atomic E-state index is 4.11. The second kappa shape index (κ2) is 3.63. The van der Waals surface area contributed by atoms with Crippen LogP contribution in [0.5, 0.6) is 0 Å². The fraction of sp³-hybridized carbons (Fsp3) is 0.308. The summed E-state index contributed by atoms with van der Waals surface area (Å²) in [6.45, 7) is 0.989. The van der Waals surface area contributed by atoms with E-state index in [2.05, 4.69) is 34.6 Å². The molecule has 0 amide bonds. The van der Waals surface area contributed by atoms with Gasteiger partial charge in [0.2, 0.25) is 0 Å². The van der Waals surface area contributed by atoms with Gasteiger partial charge >= 0.3 is 0 Å². The third-order valence-electron chi connectivity index (χ3n) is 2.88. The summed E-state index contributed by atoms with van der Waals surface area (Å²) in [5.41, 5.74) is 1.36. The quantitative estimate of drug-likeness (QED) is 0.819. The minimum Gasteiger partial charge on any atom is -0.310 e. The molecule has 1 aromatic heterocycles. The van der Waals surface area contributed by atoms with Crippen molar-refractivity contribution in [2.24, 2.45) is 0 Å². The number of hydrogen-bond acceptors (Lipinski definition) is 2. The molecule has 0 unspecified atom stereocenters. The molecule has 2 heteroatoms. The van der Waals surface area contributed by atoms with Crippen LogP contribution in [0.25, 0.3) is 10.8 Å². The van der Waals surface area contributed by atoms with E-state index in [1.807, 2.05) is 12.4 Å². The summed E-state index contributed by atoms with van der Waals surface area (Å²) < 4.78 is 0. The Morgan fingerprint density at radius 3 is 3.00 bits per heavy atom. The second-order valence-corrected chi connectivity index (χ2v) is 4.21. The van der Waals surface area contributed by atoms with Crippen molar-refractivity contribution < 1.29 is 0 Å². The molecule has 1 aromatic carbocycles. The van der Waals surface area contributed by atoms with Gasteiger partial charge in [0.1, 0.15) is 0 Å². The van der Waals surface area contributed by atoms with Gasteiger partial charge < -0.3 is 5.32 Å². The van der Waals surface area contributed by atoms with E-state index in [4.69, 9.17) is 0 Å². The molecule has 1 aliphatic rings. The first-order valence-corrected chi connectivity index (χ1v) is 5.48. The number of rotatable bonds is 3. The Labute approximate surface area is 89.3 Å². The SMILES string of the molecule is c1cc2cc(CNC3CC3)ccc2cn1. The predicted molar refractivity (Wildman–Crippen MR) is 61.6 cm³/mol. The predicted octanol–water partition coefficient (Wildman–Crippen LogP) is 2.49. The van der Waals surface area contributed by atoms with Gasteiger partial charge in [-0.3, -0.25) is 4.98 Å². The van der Waals surface area contributed by atoms with E-state index in [1.165, 1.54) is 29.2 Å². The van der Waals surface area contributed by atoms with Crippen LogP contribution in [0.3, 0.4) is 0 Å². The van der Waals surface area contributed by atoms with Crippen molar-refractivity contribution in [2.45, 2.75) is 25.4 Å². The maximum Gasteiger partial charge on any atom is 0.0346 e. The number of fused-ring (bicyclic) bond motifs is 1. The fourth-order valence-electron chi connectivity index (χ4n) is 1.79. The lowest BCUT2D eigenvalue weighted by Gasteiger charge is -2.04. The molecule has 2 nitrogen and oxygen atoms in total. The summed E-state index contributed by atoms with van der Waals surface area (Å²) in [6.07, 6.45) is 6.45. The van der Waals surface area contributed by atoms with E-state index >= 15 is 0 Å². The van der Waals surface area contributed by atoms with Crippen LogP contribution in [-0.2, 0) is 6.54 Å². The molecule has 76 valence electrons. The highest BCUT2D eigenvalue weighted by Gasteiger charge is 2.19. The Bertz CT molecular complexity index is 475. The largest absolute Gasteiger partial charge is 0.310 e. The lowest BCUT2D eigenvalue weighted by molar-refractivity contribution is 0.688. The number of hydrogen-bond donors (Lipinski definition) is 1. The summed E-state index contributed by atoms with van der Waals surface area (Å²) in [4.78, 5) is 4.11. The van der Waals surface area contributed by atoms with Crippen molar-refractivity contribution in [1.82, 2.24) is 10.3 Å². The van der Waals surface area contributed by atoms with Crippen LogP contribution in [-0.4, -0.2) is 11.0 Å². The molecule has 1 N–H and O–H groups in total. The minimum atomic E-state index is 0.776. The topological polar surface area (TPSA) is 24.9 Å². The molecule has 0 spiro atoms. The fourth-order valence-corrected chi connectivity index (χ4v) is 1.79. The molecule has 1 fully saturated rings. The number of benzene rings is 1. The Hall–Kier alpha value is -1.41. The van der Waals surface area contributed by atoms with Crippen molar-refractivity contribution in [3.05, 3.63) is 42.2 Å². The summed E-state index contributed by atoms with van der Waals surface area (Å²) in [7, 11) is 0. The first-order valence-electron chi connectivity index (χ1n) is 5.48. The first-order chi connectivity index (χ1) is 7.42. The molecule has 0 aliphatic heterocycles. The van der Waals surface area contributed by atoms with Gasteiger partial charge in [-0.15, -0.1) is 0 Å². The van der Waals surface area contributed by atoms with Crippen LogP contribution in [0.2, 0.25) is 0 Å². The van der Waals surface area contributed by atoms with E-state index in [0.29, 0.717) is 0 Å². The molecule has 2 aromatic rings. The zero-order valence-electron chi connectivity index (χ0n) is 8.61. The van der Waals surface area contributed by atoms with Gasteiger partial charge in [-0.2, -0.15) is 0 Å². The van der Waals surface area contributed by atoms with E-state index in [1.54, 1.807) is 0 Å². The second-order valence-electron chi connectivity index (χ2n) is 4.21. The number of pyridine rings is 1. The average molecular weight is 198 g/mol.